The van der Waals surface area contributed by atoms with Gasteiger partial charge < -0.3 is 10.7 Å². The molecule has 0 saturated carbocycles. The van der Waals surface area contributed by atoms with Gasteiger partial charge in [0.1, 0.15) is 0 Å². The van der Waals surface area contributed by atoms with Gasteiger partial charge >= 0.3 is 0 Å². The molecular formula is C8H8N2. The summed E-state index contributed by atoms with van der Waals surface area (Å²) >= 11 is 0. The second kappa shape index (κ2) is 1.77. The number of aromatic nitrogens is 1. The van der Waals surface area contributed by atoms with Gasteiger partial charge in [0.25, 0.3) is 0 Å². The van der Waals surface area contributed by atoms with Crippen molar-refractivity contribution in [1.82, 2.24) is 4.98 Å². The fraction of sp³-hybridized carbons (Fsp3) is 0. The maximum Gasteiger partial charge on any atom is 0.0557 e. The summed E-state index contributed by atoms with van der Waals surface area (Å²) in [5.41, 5.74) is 8.77. The van der Waals surface area contributed by atoms with E-state index in [1.807, 2.05) is 24.4 Å². The Morgan fingerprint density at radius 3 is 2.90 bits per heavy atom. The van der Waals surface area contributed by atoms with Crippen molar-refractivity contribution in [3.8, 4) is 11.1 Å². The molecule has 10 heavy (non-hydrogen) atoms. The van der Waals surface area contributed by atoms with E-state index in [0.29, 0.717) is 0 Å². The van der Waals surface area contributed by atoms with Gasteiger partial charge in [0, 0.05) is 18.0 Å². The van der Waals surface area contributed by atoms with E-state index < -0.39 is 0 Å². The quantitative estimate of drug-likeness (QED) is 0.562. The zero-order chi connectivity index (χ0) is 6.97. The second-order valence-electron chi connectivity index (χ2n) is 2.31. The number of nitrogens with two attached hydrogens (primary N) is 1. The summed E-state index contributed by atoms with van der Waals surface area (Å²) in [6, 6.07) is 6.04. The lowest BCUT2D eigenvalue weighted by molar-refractivity contribution is 1.34. The number of nitrogen functional groups attached to an aromatic ring is 1. The average Bonchev–Trinajstić information content (AvgIpc) is 2.36. The van der Waals surface area contributed by atoms with E-state index in [-0.39, 0.29) is 0 Å². The molecule has 0 aromatic carbocycles. The number of H-pyrrole nitrogens is 1. The highest BCUT2D eigenvalue weighted by Gasteiger charge is 2.02. The minimum atomic E-state index is 0.808. The molecule has 0 saturated heterocycles. The van der Waals surface area contributed by atoms with Gasteiger partial charge in [0.05, 0.1) is 5.69 Å². The van der Waals surface area contributed by atoms with Crippen LogP contribution in [0.5, 0.6) is 0 Å². The van der Waals surface area contributed by atoms with Crippen molar-refractivity contribution < 1.29 is 0 Å². The molecule has 2 rings (SSSR count). The Hall–Kier alpha value is -1.44. The number of pyridine rings is 1. The molecule has 0 spiro atoms. The zero-order valence-corrected chi connectivity index (χ0v) is 5.46. The molecule has 0 atom stereocenters. The summed E-state index contributed by atoms with van der Waals surface area (Å²) < 4.78 is 0. The minimum Gasteiger partial charge on any atom is -0.397 e. The zero-order valence-electron chi connectivity index (χ0n) is 5.46. The van der Waals surface area contributed by atoms with Gasteiger partial charge in [0.15, 0.2) is 0 Å². The molecule has 50 valence electrons. The van der Waals surface area contributed by atoms with Gasteiger partial charge in [-0.2, -0.15) is 0 Å². The first-order chi connectivity index (χ1) is 4.88. The highest BCUT2D eigenvalue weighted by molar-refractivity contribution is 5.77. The summed E-state index contributed by atoms with van der Waals surface area (Å²) in [7, 11) is 0. The largest absolute Gasteiger partial charge is 0.397 e. The number of rotatable bonds is 0. The van der Waals surface area contributed by atoms with E-state index in [2.05, 4.69) is 4.98 Å². The van der Waals surface area contributed by atoms with Crippen LogP contribution in [0.1, 0.15) is 0 Å². The Balaban J connectivity index is 2.80. The molecule has 1 heterocycles. The minimum absolute atomic E-state index is 0.808. The molecule has 0 amide bonds. The van der Waals surface area contributed by atoms with E-state index >= 15 is 0 Å². The number of nitrogens with one attached hydrogen (secondary N) is 1. The van der Waals surface area contributed by atoms with Crippen molar-refractivity contribution in [2.75, 3.05) is 5.73 Å². The lowest BCUT2D eigenvalue weighted by Gasteiger charge is -2.00. The van der Waals surface area contributed by atoms with Crippen LogP contribution in [0.15, 0.2) is 30.6 Å². The predicted molar refractivity (Wildman–Crippen MR) is 41.8 cm³/mol. The van der Waals surface area contributed by atoms with Gasteiger partial charge in [0.2, 0.25) is 0 Å². The molecule has 2 heteroatoms. The van der Waals surface area contributed by atoms with E-state index in [0.717, 1.165) is 11.3 Å². The molecule has 0 aromatic heterocycles. The third-order valence-electron chi connectivity index (χ3n) is 1.64. The number of aromatic amines is 1. The summed E-state index contributed by atoms with van der Waals surface area (Å²) in [5, 5.41) is 0. The lowest BCUT2D eigenvalue weighted by atomic mass is 10.1. The van der Waals surface area contributed by atoms with Gasteiger partial charge in [-0.25, -0.2) is 0 Å². The molecule has 0 fully saturated rings. The van der Waals surface area contributed by atoms with Crippen LogP contribution in [-0.2, 0) is 0 Å². The van der Waals surface area contributed by atoms with Crippen LogP contribution in [0.2, 0.25) is 0 Å². The monoisotopic (exact) mass is 132 g/mol. The number of hydrogen-bond donors (Lipinski definition) is 2. The molecule has 2 aliphatic rings. The van der Waals surface area contributed by atoms with Crippen LogP contribution < -0.4 is 5.73 Å². The van der Waals surface area contributed by atoms with Crippen molar-refractivity contribution in [2.45, 2.75) is 0 Å². The van der Waals surface area contributed by atoms with Crippen LogP contribution in [0, 0.1) is 0 Å². The Morgan fingerprint density at radius 2 is 2.10 bits per heavy atom. The van der Waals surface area contributed by atoms with Crippen molar-refractivity contribution in [2.24, 2.45) is 0 Å². The van der Waals surface area contributed by atoms with Crippen LogP contribution in [0.25, 0.3) is 11.1 Å². The highest BCUT2D eigenvalue weighted by atomic mass is 14.7. The fourth-order valence-corrected chi connectivity index (χ4v) is 1.12. The normalized spacial score (nSPS) is 10.4. The lowest BCUT2D eigenvalue weighted by Crippen LogP contribution is -1.89. The van der Waals surface area contributed by atoms with Crippen LogP contribution >= 0.6 is 0 Å². The van der Waals surface area contributed by atoms with E-state index in [4.69, 9.17) is 5.73 Å². The summed E-state index contributed by atoms with van der Waals surface area (Å²) in [5.74, 6) is 0. The standard InChI is InChI=1S/C8H8N2/c9-8-5-10-4-6-2-1-3-7(6)8/h1-5,10H,9H2. The Bertz CT molecular complexity index is 311. The number of fused-ring (bicyclic) bond motifs is 1. The van der Waals surface area contributed by atoms with Gasteiger partial charge in [-0.3, -0.25) is 0 Å². The molecule has 1 aliphatic heterocycles. The van der Waals surface area contributed by atoms with E-state index in [1.54, 1.807) is 6.20 Å². The first kappa shape index (κ1) is 5.35. The molecule has 3 N–H and O–H groups in total. The van der Waals surface area contributed by atoms with Crippen molar-refractivity contribution in [3.63, 3.8) is 0 Å². The first-order valence-electron chi connectivity index (χ1n) is 3.19. The Morgan fingerprint density at radius 1 is 1.20 bits per heavy atom. The first-order valence-corrected chi connectivity index (χ1v) is 3.19. The van der Waals surface area contributed by atoms with E-state index in [9.17, 15) is 0 Å². The molecule has 1 aliphatic carbocycles. The van der Waals surface area contributed by atoms with Crippen molar-refractivity contribution in [3.05, 3.63) is 30.6 Å². The van der Waals surface area contributed by atoms with Crippen molar-refractivity contribution in [1.29, 1.82) is 0 Å². The van der Waals surface area contributed by atoms with Crippen LogP contribution in [0.3, 0.4) is 0 Å². The maximum atomic E-state index is 5.67. The van der Waals surface area contributed by atoms with Gasteiger partial charge in [-0.15, -0.1) is 0 Å². The number of hydrogen-bond acceptors (Lipinski definition) is 1. The smallest absolute Gasteiger partial charge is 0.0557 e. The SMILES string of the molecule is Nc1c[nH]cc2cccc1-2. The molecule has 0 unspecified atom stereocenters. The van der Waals surface area contributed by atoms with E-state index in [1.165, 1.54) is 5.56 Å². The summed E-state index contributed by atoms with van der Waals surface area (Å²) in [4.78, 5) is 2.96. The summed E-state index contributed by atoms with van der Waals surface area (Å²) in [6.07, 6.45) is 3.73. The molecule has 0 aromatic rings. The third kappa shape index (κ3) is 0.589. The predicted octanol–water partition coefficient (Wildman–Crippen LogP) is 1.70. The summed E-state index contributed by atoms with van der Waals surface area (Å²) in [6.45, 7) is 0. The molecular weight excluding hydrogens is 124 g/mol. The highest BCUT2D eigenvalue weighted by Crippen LogP contribution is 2.26. The third-order valence-corrected chi connectivity index (χ3v) is 1.64. The molecule has 0 bridgehead atoms. The van der Waals surface area contributed by atoms with Crippen molar-refractivity contribution >= 4 is 5.69 Å². The van der Waals surface area contributed by atoms with Crippen LogP contribution in [-0.4, -0.2) is 4.98 Å². The topological polar surface area (TPSA) is 41.8 Å². The molecule has 2 nitrogen and oxygen atoms in total. The number of anilines is 1. The Kier molecular flexibility index (Phi) is 0.947. The average molecular weight is 132 g/mol. The van der Waals surface area contributed by atoms with Gasteiger partial charge in [-0.05, 0) is 5.56 Å². The Labute approximate surface area is 59.0 Å². The maximum absolute atomic E-state index is 5.67. The second-order valence-corrected chi connectivity index (χ2v) is 2.31. The van der Waals surface area contributed by atoms with Crippen LogP contribution in [0.4, 0.5) is 5.69 Å². The molecule has 0 radical (unpaired) electrons. The van der Waals surface area contributed by atoms with Gasteiger partial charge in [-0.1, -0.05) is 18.2 Å². The fourth-order valence-electron chi connectivity index (χ4n) is 1.12.